The van der Waals surface area contributed by atoms with Crippen molar-refractivity contribution in [3.8, 4) is 6.07 Å². The third-order valence-electron chi connectivity index (χ3n) is 3.25. The van der Waals surface area contributed by atoms with E-state index in [9.17, 15) is 8.42 Å². The van der Waals surface area contributed by atoms with Crippen molar-refractivity contribution in [1.82, 2.24) is 4.72 Å². The molecule has 90 valence electrons. The van der Waals surface area contributed by atoms with Gasteiger partial charge in [0.05, 0.1) is 18.2 Å². The summed E-state index contributed by atoms with van der Waals surface area (Å²) in [5.74, 6) is -0.281. The van der Waals surface area contributed by atoms with Crippen LogP contribution < -0.4 is 10.5 Å². The molecule has 1 heterocycles. The Morgan fingerprint density at radius 2 is 2.31 bits per heavy atom. The van der Waals surface area contributed by atoms with Crippen LogP contribution in [0.5, 0.6) is 0 Å². The van der Waals surface area contributed by atoms with E-state index < -0.39 is 15.8 Å². The average molecular weight is 245 g/mol. The highest BCUT2D eigenvalue weighted by molar-refractivity contribution is 7.89. The average Bonchev–Trinajstić information content (AvgIpc) is 2.26. The van der Waals surface area contributed by atoms with Crippen LogP contribution in [0.1, 0.15) is 12.8 Å². The lowest BCUT2D eigenvalue weighted by Crippen LogP contribution is -2.72. The van der Waals surface area contributed by atoms with Crippen LogP contribution in [0.15, 0.2) is 0 Å². The van der Waals surface area contributed by atoms with Crippen LogP contribution >= 0.6 is 0 Å². The Labute approximate surface area is 94.8 Å². The van der Waals surface area contributed by atoms with Crippen LogP contribution in [0, 0.1) is 17.2 Å². The van der Waals surface area contributed by atoms with E-state index in [1.54, 1.807) is 6.07 Å². The molecule has 3 N–H and O–H groups in total. The lowest BCUT2D eigenvalue weighted by Gasteiger charge is -2.52. The summed E-state index contributed by atoms with van der Waals surface area (Å²) in [5, 5.41) is 8.37. The molecule has 2 fully saturated rings. The number of nitriles is 1. The topological polar surface area (TPSA) is 105 Å². The predicted octanol–water partition coefficient (Wildman–Crippen LogP) is -1.07. The Hall–Kier alpha value is -0.680. The molecule has 1 aliphatic carbocycles. The van der Waals surface area contributed by atoms with Crippen LogP contribution in [0.4, 0.5) is 0 Å². The predicted molar refractivity (Wildman–Crippen MR) is 56.8 cm³/mol. The van der Waals surface area contributed by atoms with Crippen molar-refractivity contribution in [1.29, 1.82) is 5.26 Å². The molecule has 0 aromatic carbocycles. The number of fused-ring (bicyclic) bond motifs is 1. The molecular formula is C9H15N3O3S. The second-order valence-electron chi connectivity index (χ2n) is 4.28. The number of nitrogens with one attached hydrogen (secondary N) is 1. The second-order valence-corrected chi connectivity index (χ2v) is 6.03. The first kappa shape index (κ1) is 11.8. The highest BCUT2D eigenvalue weighted by Crippen LogP contribution is 2.37. The summed E-state index contributed by atoms with van der Waals surface area (Å²) in [6.45, 7) is 0.657. The zero-order chi connectivity index (χ0) is 11.8. The highest BCUT2D eigenvalue weighted by Gasteiger charge is 2.51. The van der Waals surface area contributed by atoms with Crippen LogP contribution in [0.2, 0.25) is 0 Å². The summed E-state index contributed by atoms with van der Waals surface area (Å²) in [4.78, 5) is 0. The van der Waals surface area contributed by atoms with Crippen molar-refractivity contribution >= 4 is 10.0 Å². The molecule has 1 saturated heterocycles. The van der Waals surface area contributed by atoms with Crippen molar-refractivity contribution < 1.29 is 13.2 Å². The van der Waals surface area contributed by atoms with E-state index in [2.05, 4.69) is 4.72 Å². The van der Waals surface area contributed by atoms with E-state index in [4.69, 9.17) is 15.7 Å². The van der Waals surface area contributed by atoms with Gasteiger partial charge < -0.3 is 10.5 Å². The van der Waals surface area contributed by atoms with Gasteiger partial charge in [0.2, 0.25) is 10.0 Å². The number of sulfonamides is 1. The molecule has 0 radical (unpaired) electrons. The molecule has 6 nitrogen and oxygen atoms in total. The standard InChI is InChI=1S/C9H15N3O3S/c10-3-5-16(13,14)12-8-7(11)6-2-1-4-15-9(6)8/h6-9,12H,1-2,4-5,11H2. The van der Waals surface area contributed by atoms with Gasteiger partial charge in [-0.25, -0.2) is 13.1 Å². The molecule has 2 rings (SSSR count). The fourth-order valence-electron chi connectivity index (χ4n) is 2.43. The van der Waals surface area contributed by atoms with Crippen LogP contribution in [-0.2, 0) is 14.8 Å². The molecule has 4 unspecified atom stereocenters. The highest BCUT2D eigenvalue weighted by atomic mass is 32.2. The minimum atomic E-state index is -3.55. The van der Waals surface area contributed by atoms with E-state index >= 15 is 0 Å². The molecular weight excluding hydrogens is 230 g/mol. The summed E-state index contributed by atoms with van der Waals surface area (Å²) >= 11 is 0. The summed E-state index contributed by atoms with van der Waals surface area (Å²) in [5.41, 5.74) is 5.89. The van der Waals surface area contributed by atoms with Gasteiger partial charge >= 0.3 is 0 Å². The minimum absolute atomic E-state index is 0.114. The van der Waals surface area contributed by atoms with Gasteiger partial charge in [-0.2, -0.15) is 5.26 Å². The molecule has 0 amide bonds. The number of nitrogens with two attached hydrogens (primary N) is 1. The maximum Gasteiger partial charge on any atom is 0.225 e. The van der Waals surface area contributed by atoms with Gasteiger partial charge in [0, 0.05) is 18.6 Å². The normalized spacial score (nSPS) is 38.2. The fraction of sp³-hybridized carbons (Fsp3) is 0.889. The Kier molecular flexibility index (Phi) is 3.17. The zero-order valence-corrected chi connectivity index (χ0v) is 9.61. The second kappa shape index (κ2) is 4.30. The number of rotatable bonds is 3. The van der Waals surface area contributed by atoms with Crippen LogP contribution in [0.3, 0.4) is 0 Å². The van der Waals surface area contributed by atoms with E-state index in [1.807, 2.05) is 0 Å². The molecule has 7 heteroatoms. The van der Waals surface area contributed by atoms with Crippen LogP contribution in [-0.4, -0.2) is 39.0 Å². The third kappa shape index (κ3) is 2.06. The molecule has 1 saturated carbocycles. The molecule has 0 aromatic rings. The Morgan fingerprint density at radius 3 is 3.00 bits per heavy atom. The van der Waals surface area contributed by atoms with Crippen molar-refractivity contribution in [2.45, 2.75) is 31.0 Å². The number of hydrogen-bond acceptors (Lipinski definition) is 5. The summed E-state index contributed by atoms with van der Waals surface area (Å²) in [7, 11) is -3.55. The van der Waals surface area contributed by atoms with Crippen molar-refractivity contribution in [3.05, 3.63) is 0 Å². The lowest BCUT2D eigenvalue weighted by molar-refractivity contribution is -0.114. The zero-order valence-electron chi connectivity index (χ0n) is 8.80. The van der Waals surface area contributed by atoms with E-state index in [0.717, 1.165) is 12.8 Å². The van der Waals surface area contributed by atoms with Gasteiger partial charge in [0.25, 0.3) is 0 Å². The fourth-order valence-corrected chi connectivity index (χ4v) is 3.39. The Balaban J connectivity index is 1.99. The number of ether oxygens (including phenoxy) is 1. The SMILES string of the molecule is N#CCS(=O)(=O)NC1C(N)C2CCCOC21. The molecule has 2 aliphatic rings. The molecule has 0 aromatic heterocycles. The molecule has 4 atom stereocenters. The Bertz CT molecular complexity index is 403. The number of nitrogens with zero attached hydrogens (tertiary/aromatic N) is 1. The number of hydrogen-bond donors (Lipinski definition) is 2. The van der Waals surface area contributed by atoms with E-state index in [1.165, 1.54) is 0 Å². The van der Waals surface area contributed by atoms with Gasteiger partial charge in [0.15, 0.2) is 5.75 Å². The van der Waals surface area contributed by atoms with Crippen molar-refractivity contribution in [2.75, 3.05) is 12.4 Å². The van der Waals surface area contributed by atoms with Gasteiger partial charge in [-0.1, -0.05) is 0 Å². The maximum atomic E-state index is 11.4. The van der Waals surface area contributed by atoms with E-state index in [-0.39, 0.29) is 24.1 Å². The summed E-state index contributed by atoms with van der Waals surface area (Å²) in [6.07, 6.45) is 1.85. The lowest BCUT2D eigenvalue weighted by atomic mass is 9.69. The monoisotopic (exact) mass is 245 g/mol. The van der Waals surface area contributed by atoms with Gasteiger partial charge in [-0.3, -0.25) is 0 Å². The molecule has 0 spiro atoms. The first-order chi connectivity index (χ1) is 7.55. The van der Waals surface area contributed by atoms with Crippen molar-refractivity contribution in [3.63, 3.8) is 0 Å². The van der Waals surface area contributed by atoms with Crippen LogP contribution in [0.25, 0.3) is 0 Å². The molecule has 1 aliphatic heterocycles. The quantitative estimate of drug-likeness (QED) is 0.659. The first-order valence-corrected chi connectivity index (χ1v) is 6.94. The van der Waals surface area contributed by atoms with Gasteiger partial charge in [0.1, 0.15) is 0 Å². The third-order valence-corrected chi connectivity index (χ3v) is 4.39. The first-order valence-electron chi connectivity index (χ1n) is 5.29. The van der Waals surface area contributed by atoms with Gasteiger partial charge in [-0.05, 0) is 12.8 Å². The molecule has 16 heavy (non-hydrogen) atoms. The molecule has 0 bridgehead atoms. The minimum Gasteiger partial charge on any atom is -0.376 e. The van der Waals surface area contributed by atoms with E-state index in [0.29, 0.717) is 6.61 Å². The summed E-state index contributed by atoms with van der Waals surface area (Å²) in [6, 6.07) is 1.05. The van der Waals surface area contributed by atoms with Crippen molar-refractivity contribution in [2.24, 2.45) is 11.7 Å². The smallest absolute Gasteiger partial charge is 0.225 e. The van der Waals surface area contributed by atoms with Gasteiger partial charge in [-0.15, -0.1) is 0 Å². The largest absolute Gasteiger partial charge is 0.376 e. The Morgan fingerprint density at radius 1 is 1.56 bits per heavy atom. The summed E-state index contributed by atoms with van der Waals surface area (Å²) < 4.78 is 30.8. The maximum absolute atomic E-state index is 11.4.